The van der Waals surface area contributed by atoms with Gasteiger partial charge in [0.2, 0.25) is 5.91 Å². The lowest BCUT2D eigenvalue weighted by atomic mass is 10.1. The van der Waals surface area contributed by atoms with E-state index in [0.29, 0.717) is 12.1 Å². The first-order valence-corrected chi connectivity index (χ1v) is 6.83. The smallest absolute Gasteiger partial charge is 0.226 e. The van der Waals surface area contributed by atoms with Crippen molar-refractivity contribution in [3.05, 3.63) is 60.2 Å². The Kier molecular flexibility index (Phi) is 4.77. The Morgan fingerprint density at radius 2 is 1.85 bits per heavy atom. The Morgan fingerprint density at radius 1 is 1.10 bits per heavy atom. The van der Waals surface area contributed by atoms with E-state index < -0.39 is 0 Å². The summed E-state index contributed by atoms with van der Waals surface area (Å²) in [6.07, 6.45) is 2.33. The first kappa shape index (κ1) is 14.1. The minimum atomic E-state index is 0.117. The fourth-order valence-corrected chi connectivity index (χ4v) is 2.13. The predicted octanol–water partition coefficient (Wildman–Crippen LogP) is 3.25. The second-order valence-electron chi connectivity index (χ2n) is 4.89. The molecule has 0 atom stereocenters. The third-order valence-corrected chi connectivity index (χ3v) is 3.33. The lowest BCUT2D eigenvalue weighted by molar-refractivity contribution is -0.118. The van der Waals surface area contributed by atoms with Crippen LogP contribution >= 0.6 is 0 Å². The average molecular weight is 268 g/mol. The average Bonchev–Trinajstić information content (AvgIpc) is 2.47. The van der Waals surface area contributed by atoms with Gasteiger partial charge in [-0.05, 0) is 36.6 Å². The van der Waals surface area contributed by atoms with Crippen LogP contribution in [0.5, 0.6) is 0 Å². The zero-order chi connectivity index (χ0) is 14.4. The molecule has 2 aromatic carbocycles. The molecule has 2 N–H and O–H groups in total. The molecule has 0 aliphatic heterocycles. The maximum absolute atomic E-state index is 12.1. The van der Waals surface area contributed by atoms with Crippen molar-refractivity contribution in [1.82, 2.24) is 0 Å². The van der Waals surface area contributed by atoms with Crippen LogP contribution in [0.15, 0.2) is 54.6 Å². The molecule has 0 heterocycles. The largest absolute Gasteiger partial charge is 0.399 e. The molecule has 1 amide bonds. The number of nitrogens with two attached hydrogens (primary N) is 1. The number of amides is 1. The maximum atomic E-state index is 12.1. The van der Waals surface area contributed by atoms with Gasteiger partial charge < -0.3 is 10.6 Å². The molecule has 104 valence electrons. The monoisotopic (exact) mass is 268 g/mol. The molecule has 0 radical (unpaired) electrons. The molecule has 0 aliphatic rings. The fraction of sp³-hybridized carbons (Fsp3) is 0.235. The highest BCUT2D eigenvalue weighted by Gasteiger charge is 2.10. The van der Waals surface area contributed by atoms with Crippen molar-refractivity contribution < 1.29 is 4.79 Å². The molecule has 0 bridgehead atoms. The van der Waals surface area contributed by atoms with Crippen LogP contribution < -0.4 is 10.6 Å². The molecule has 0 saturated carbocycles. The van der Waals surface area contributed by atoms with E-state index in [4.69, 9.17) is 5.73 Å². The third kappa shape index (κ3) is 3.85. The Bertz CT molecular complexity index is 566. The summed E-state index contributed by atoms with van der Waals surface area (Å²) >= 11 is 0. The molecular weight excluding hydrogens is 248 g/mol. The summed E-state index contributed by atoms with van der Waals surface area (Å²) < 4.78 is 0. The van der Waals surface area contributed by atoms with Crippen LogP contribution in [0.3, 0.4) is 0 Å². The van der Waals surface area contributed by atoms with Crippen molar-refractivity contribution >= 4 is 17.3 Å². The number of aryl methyl sites for hydroxylation is 1. The van der Waals surface area contributed by atoms with Gasteiger partial charge in [-0.25, -0.2) is 0 Å². The van der Waals surface area contributed by atoms with E-state index in [1.165, 1.54) is 5.56 Å². The van der Waals surface area contributed by atoms with Crippen LogP contribution in [0.1, 0.15) is 18.4 Å². The predicted molar refractivity (Wildman–Crippen MR) is 83.6 cm³/mol. The SMILES string of the molecule is CN(C(=O)CCCc1ccccc1)c1cccc(N)c1. The Hall–Kier alpha value is -2.29. The van der Waals surface area contributed by atoms with E-state index in [2.05, 4.69) is 12.1 Å². The standard InChI is InChI=1S/C17H20N2O/c1-19(16-11-6-10-15(18)13-16)17(20)12-5-9-14-7-3-2-4-8-14/h2-4,6-8,10-11,13H,5,9,12,18H2,1H3. The molecule has 0 saturated heterocycles. The van der Waals surface area contributed by atoms with Gasteiger partial charge in [-0.15, -0.1) is 0 Å². The Labute approximate surface area is 120 Å². The second-order valence-corrected chi connectivity index (χ2v) is 4.89. The number of nitrogens with zero attached hydrogens (tertiary/aromatic N) is 1. The van der Waals surface area contributed by atoms with Crippen molar-refractivity contribution in [2.45, 2.75) is 19.3 Å². The summed E-state index contributed by atoms with van der Waals surface area (Å²) in [6, 6.07) is 17.6. The van der Waals surface area contributed by atoms with Gasteiger partial charge in [-0.2, -0.15) is 0 Å². The molecule has 20 heavy (non-hydrogen) atoms. The molecule has 0 aliphatic carbocycles. The van der Waals surface area contributed by atoms with Crippen molar-refractivity contribution in [1.29, 1.82) is 0 Å². The highest BCUT2D eigenvalue weighted by molar-refractivity contribution is 5.93. The van der Waals surface area contributed by atoms with Gasteiger partial charge >= 0.3 is 0 Å². The summed E-state index contributed by atoms with van der Waals surface area (Å²) in [5.74, 6) is 0.117. The topological polar surface area (TPSA) is 46.3 Å². The second kappa shape index (κ2) is 6.75. The van der Waals surface area contributed by atoms with Crippen LogP contribution in [0.25, 0.3) is 0 Å². The number of carbonyl (C=O) groups excluding carboxylic acids is 1. The van der Waals surface area contributed by atoms with Crippen LogP contribution in [-0.2, 0) is 11.2 Å². The molecule has 3 heteroatoms. The van der Waals surface area contributed by atoms with Crippen molar-refractivity contribution in [2.24, 2.45) is 0 Å². The van der Waals surface area contributed by atoms with Gasteiger partial charge in [0.15, 0.2) is 0 Å². The zero-order valence-corrected chi connectivity index (χ0v) is 11.8. The molecule has 3 nitrogen and oxygen atoms in total. The number of nitrogen functional groups attached to an aromatic ring is 1. The molecule has 0 unspecified atom stereocenters. The molecule has 0 aromatic heterocycles. The molecule has 2 rings (SSSR count). The van der Waals surface area contributed by atoms with Gasteiger partial charge in [-0.1, -0.05) is 36.4 Å². The maximum Gasteiger partial charge on any atom is 0.226 e. The molecular formula is C17H20N2O. The van der Waals surface area contributed by atoms with E-state index in [-0.39, 0.29) is 5.91 Å². The Balaban J connectivity index is 1.85. The van der Waals surface area contributed by atoms with Gasteiger partial charge in [0.05, 0.1) is 0 Å². The van der Waals surface area contributed by atoms with Gasteiger partial charge in [0.25, 0.3) is 0 Å². The zero-order valence-electron chi connectivity index (χ0n) is 11.8. The van der Waals surface area contributed by atoms with Crippen molar-refractivity contribution in [3.8, 4) is 0 Å². The number of hydrogen-bond donors (Lipinski definition) is 1. The number of hydrogen-bond acceptors (Lipinski definition) is 2. The first-order chi connectivity index (χ1) is 9.66. The van der Waals surface area contributed by atoms with Gasteiger partial charge in [0.1, 0.15) is 0 Å². The van der Waals surface area contributed by atoms with Gasteiger partial charge in [0, 0.05) is 24.8 Å². The minimum absolute atomic E-state index is 0.117. The summed E-state index contributed by atoms with van der Waals surface area (Å²) in [7, 11) is 1.79. The van der Waals surface area contributed by atoms with Crippen LogP contribution in [0.2, 0.25) is 0 Å². The normalized spacial score (nSPS) is 10.2. The summed E-state index contributed by atoms with van der Waals surface area (Å²) in [5, 5.41) is 0. The first-order valence-electron chi connectivity index (χ1n) is 6.83. The lowest BCUT2D eigenvalue weighted by Gasteiger charge is -2.17. The van der Waals surface area contributed by atoms with E-state index >= 15 is 0 Å². The number of carbonyl (C=O) groups is 1. The number of rotatable bonds is 5. The lowest BCUT2D eigenvalue weighted by Crippen LogP contribution is -2.26. The van der Waals surface area contributed by atoms with Crippen molar-refractivity contribution in [2.75, 3.05) is 17.7 Å². The number of anilines is 2. The summed E-state index contributed by atoms with van der Waals surface area (Å²) in [6.45, 7) is 0. The summed E-state index contributed by atoms with van der Waals surface area (Å²) in [4.78, 5) is 13.8. The quantitative estimate of drug-likeness (QED) is 0.846. The number of benzene rings is 2. The van der Waals surface area contributed by atoms with Crippen LogP contribution in [0, 0.1) is 0 Å². The third-order valence-electron chi connectivity index (χ3n) is 3.33. The van der Waals surface area contributed by atoms with E-state index in [9.17, 15) is 4.79 Å². The minimum Gasteiger partial charge on any atom is -0.399 e. The van der Waals surface area contributed by atoms with Gasteiger partial charge in [-0.3, -0.25) is 4.79 Å². The van der Waals surface area contributed by atoms with E-state index in [0.717, 1.165) is 18.5 Å². The van der Waals surface area contributed by atoms with Crippen molar-refractivity contribution in [3.63, 3.8) is 0 Å². The van der Waals surface area contributed by atoms with Crippen LogP contribution in [-0.4, -0.2) is 13.0 Å². The summed E-state index contributed by atoms with van der Waals surface area (Å²) in [5.41, 5.74) is 8.52. The highest BCUT2D eigenvalue weighted by atomic mass is 16.2. The molecule has 0 spiro atoms. The van der Waals surface area contributed by atoms with Crippen LogP contribution in [0.4, 0.5) is 11.4 Å². The van der Waals surface area contributed by atoms with E-state index in [1.54, 1.807) is 11.9 Å². The molecule has 2 aromatic rings. The fourth-order valence-electron chi connectivity index (χ4n) is 2.13. The highest BCUT2D eigenvalue weighted by Crippen LogP contribution is 2.17. The molecule has 0 fully saturated rings. The van der Waals surface area contributed by atoms with E-state index in [1.807, 2.05) is 42.5 Å². The Morgan fingerprint density at radius 3 is 2.55 bits per heavy atom.